The number of thioether (sulfide) groups is 1. The van der Waals surface area contributed by atoms with Crippen LogP contribution in [0, 0.1) is 0 Å². The summed E-state index contributed by atoms with van der Waals surface area (Å²) in [6.07, 6.45) is 0.931. The molecule has 3 aromatic carbocycles. The molecule has 0 N–H and O–H groups in total. The van der Waals surface area contributed by atoms with Crippen molar-refractivity contribution >= 4 is 11.8 Å². The van der Waals surface area contributed by atoms with E-state index in [0.29, 0.717) is 5.25 Å². The van der Waals surface area contributed by atoms with Crippen LogP contribution >= 0.6 is 11.8 Å². The molecule has 0 saturated carbocycles. The van der Waals surface area contributed by atoms with Crippen molar-refractivity contribution in [1.82, 2.24) is 0 Å². The highest BCUT2D eigenvalue weighted by Gasteiger charge is 2.29. The van der Waals surface area contributed by atoms with Gasteiger partial charge in [-0.25, -0.2) is 0 Å². The van der Waals surface area contributed by atoms with Gasteiger partial charge in [0.2, 0.25) is 0 Å². The van der Waals surface area contributed by atoms with Crippen LogP contribution < -0.4 is 9.47 Å². The Morgan fingerprint density at radius 1 is 0.720 bits per heavy atom. The third-order valence-corrected chi connectivity index (χ3v) is 6.02. The number of ether oxygens (including phenoxy) is 2. The van der Waals surface area contributed by atoms with Crippen molar-refractivity contribution in [3.05, 3.63) is 77.9 Å². The maximum atomic E-state index is 5.85. The zero-order valence-corrected chi connectivity index (χ0v) is 14.6. The summed E-state index contributed by atoms with van der Waals surface area (Å²) >= 11 is 1.88. The third-order valence-electron chi connectivity index (χ3n) is 4.75. The zero-order chi connectivity index (χ0) is 16.6. The average molecular weight is 346 g/mol. The van der Waals surface area contributed by atoms with Crippen LogP contribution in [0.1, 0.15) is 22.8 Å². The highest BCUT2D eigenvalue weighted by molar-refractivity contribution is 7.99. The summed E-state index contributed by atoms with van der Waals surface area (Å²) in [6.45, 7) is 1.44. The lowest BCUT2D eigenvalue weighted by Crippen LogP contribution is -1.97. The second kappa shape index (κ2) is 6.16. The molecule has 0 amide bonds. The first kappa shape index (κ1) is 14.9. The average Bonchev–Trinajstić information content (AvgIpc) is 2.81. The molecule has 1 aliphatic heterocycles. The van der Waals surface area contributed by atoms with Gasteiger partial charge >= 0.3 is 0 Å². The predicted molar refractivity (Wildman–Crippen MR) is 102 cm³/mol. The summed E-state index contributed by atoms with van der Waals surface area (Å²) < 4.78 is 11.6. The fourth-order valence-electron chi connectivity index (χ4n) is 3.59. The number of hydrogen-bond acceptors (Lipinski definition) is 3. The molecule has 3 heteroatoms. The fourth-order valence-corrected chi connectivity index (χ4v) is 4.85. The van der Waals surface area contributed by atoms with E-state index in [2.05, 4.69) is 60.7 Å². The van der Waals surface area contributed by atoms with Gasteiger partial charge in [-0.15, -0.1) is 11.8 Å². The van der Waals surface area contributed by atoms with Crippen LogP contribution in [0.2, 0.25) is 0 Å². The van der Waals surface area contributed by atoms with E-state index in [9.17, 15) is 0 Å². The van der Waals surface area contributed by atoms with Gasteiger partial charge in [0.15, 0.2) is 11.5 Å². The molecule has 0 unspecified atom stereocenters. The molecule has 0 spiro atoms. The van der Waals surface area contributed by atoms with Gasteiger partial charge in [0.1, 0.15) is 0 Å². The molecule has 2 nitrogen and oxygen atoms in total. The number of benzene rings is 3. The summed E-state index contributed by atoms with van der Waals surface area (Å²) in [6, 6.07) is 23.7. The van der Waals surface area contributed by atoms with Crippen LogP contribution in [0.4, 0.5) is 0 Å². The van der Waals surface area contributed by atoms with Crippen molar-refractivity contribution in [1.29, 1.82) is 0 Å². The van der Waals surface area contributed by atoms with E-state index < -0.39 is 0 Å². The number of hydrogen-bond donors (Lipinski definition) is 0. The Morgan fingerprint density at radius 3 is 2.08 bits per heavy atom. The molecule has 25 heavy (non-hydrogen) atoms. The second-order valence-corrected chi connectivity index (χ2v) is 7.51. The van der Waals surface area contributed by atoms with Crippen LogP contribution in [0.15, 0.2) is 71.6 Å². The van der Waals surface area contributed by atoms with E-state index in [-0.39, 0.29) is 0 Å². The van der Waals surface area contributed by atoms with E-state index in [1.807, 2.05) is 17.8 Å². The molecule has 0 atom stereocenters. The Morgan fingerprint density at radius 2 is 1.36 bits per heavy atom. The lowest BCUT2D eigenvalue weighted by Gasteiger charge is -2.15. The van der Waals surface area contributed by atoms with Crippen LogP contribution in [0.3, 0.4) is 0 Å². The van der Waals surface area contributed by atoms with Crippen LogP contribution in [0.5, 0.6) is 11.5 Å². The Kier molecular flexibility index (Phi) is 3.67. The van der Waals surface area contributed by atoms with Gasteiger partial charge in [-0.05, 0) is 40.5 Å². The lowest BCUT2D eigenvalue weighted by atomic mass is 10.1. The molecule has 0 aromatic heterocycles. The summed E-state index contributed by atoms with van der Waals surface area (Å²) in [7, 11) is 0. The van der Waals surface area contributed by atoms with Crippen LogP contribution in [-0.2, 0) is 0 Å². The molecule has 5 rings (SSSR count). The van der Waals surface area contributed by atoms with Gasteiger partial charge in [0.05, 0.1) is 18.5 Å². The van der Waals surface area contributed by atoms with E-state index in [1.54, 1.807) is 0 Å². The van der Waals surface area contributed by atoms with Crippen molar-refractivity contribution in [2.75, 3.05) is 13.2 Å². The number of fused-ring (bicyclic) bond motifs is 4. The first-order chi connectivity index (χ1) is 12.4. The largest absolute Gasteiger partial charge is 0.490 e. The third kappa shape index (κ3) is 2.59. The molecule has 124 valence electrons. The SMILES string of the molecule is c1ccc2c(c1)-c1ccccc1C2Sc1ccc2c(c1)OCCCO2. The first-order valence-corrected chi connectivity index (χ1v) is 9.53. The summed E-state index contributed by atoms with van der Waals surface area (Å²) in [4.78, 5) is 1.21. The fraction of sp³-hybridized carbons (Fsp3) is 0.182. The minimum atomic E-state index is 0.317. The van der Waals surface area contributed by atoms with Gasteiger partial charge < -0.3 is 9.47 Å². The van der Waals surface area contributed by atoms with E-state index in [0.717, 1.165) is 31.1 Å². The van der Waals surface area contributed by atoms with Crippen LogP contribution in [-0.4, -0.2) is 13.2 Å². The van der Waals surface area contributed by atoms with Gasteiger partial charge in [0, 0.05) is 11.3 Å². The Hall–Kier alpha value is -2.39. The molecule has 0 bridgehead atoms. The highest BCUT2D eigenvalue weighted by Crippen LogP contribution is 2.52. The monoisotopic (exact) mass is 346 g/mol. The molecule has 1 heterocycles. The highest BCUT2D eigenvalue weighted by atomic mass is 32.2. The van der Waals surface area contributed by atoms with Crippen molar-refractivity contribution in [3.8, 4) is 22.6 Å². The smallest absolute Gasteiger partial charge is 0.162 e. The normalized spacial score (nSPS) is 15.4. The Labute approximate surface area is 151 Å². The molecule has 0 saturated heterocycles. The Bertz CT molecular complexity index is 889. The molecule has 0 fully saturated rings. The van der Waals surface area contributed by atoms with Crippen molar-refractivity contribution in [3.63, 3.8) is 0 Å². The van der Waals surface area contributed by atoms with Gasteiger partial charge in [-0.3, -0.25) is 0 Å². The summed E-state index contributed by atoms with van der Waals surface area (Å²) in [5.74, 6) is 1.72. The second-order valence-electron chi connectivity index (χ2n) is 6.33. The van der Waals surface area contributed by atoms with E-state index >= 15 is 0 Å². The maximum Gasteiger partial charge on any atom is 0.162 e. The van der Waals surface area contributed by atoms with Crippen molar-refractivity contribution in [2.45, 2.75) is 16.6 Å². The first-order valence-electron chi connectivity index (χ1n) is 8.65. The predicted octanol–water partition coefficient (Wildman–Crippen LogP) is 5.71. The summed E-state index contributed by atoms with van der Waals surface area (Å²) in [5.41, 5.74) is 5.48. The molecular weight excluding hydrogens is 328 g/mol. The maximum absolute atomic E-state index is 5.85. The van der Waals surface area contributed by atoms with E-state index in [1.165, 1.54) is 27.1 Å². The molecule has 1 aliphatic carbocycles. The van der Waals surface area contributed by atoms with Crippen molar-refractivity contribution < 1.29 is 9.47 Å². The lowest BCUT2D eigenvalue weighted by molar-refractivity contribution is 0.297. The molecule has 0 radical (unpaired) electrons. The summed E-state index contributed by atoms with van der Waals surface area (Å²) in [5, 5.41) is 0.317. The quantitative estimate of drug-likeness (QED) is 0.592. The number of rotatable bonds is 2. The topological polar surface area (TPSA) is 18.5 Å². The minimum Gasteiger partial charge on any atom is -0.490 e. The zero-order valence-electron chi connectivity index (χ0n) is 13.8. The Balaban J connectivity index is 1.53. The molecular formula is C22H18O2S. The van der Waals surface area contributed by atoms with Gasteiger partial charge in [-0.2, -0.15) is 0 Å². The molecule has 3 aromatic rings. The molecule has 2 aliphatic rings. The van der Waals surface area contributed by atoms with Crippen molar-refractivity contribution in [2.24, 2.45) is 0 Å². The van der Waals surface area contributed by atoms with Crippen LogP contribution in [0.25, 0.3) is 11.1 Å². The van der Waals surface area contributed by atoms with Gasteiger partial charge in [0.25, 0.3) is 0 Å². The van der Waals surface area contributed by atoms with Gasteiger partial charge in [-0.1, -0.05) is 48.5 Å². The standard InChI is InChI=1S/C22H18O2S/c1-3-8-18-16(6-1)17-7-2-4-9-19(17)22(18)25-15-10-11-20-21(14-15)24-13-5-12-23-20/h1-4,6-11,14,22H,5,12-13H2. The minimum absolute atomic E-state index is 0.317. The van der Waals surface area contributed by atoms with E-state index in [4.69, 9.17) is 9.47 Å².